The first-order valence-electron chi connectivity index (χ1n) is 6.41. The van der Waals surface area contributed by atoms with Gasteiger partial charge < -0.3 is 4.74 Å². The zero-order chi connectivity index (χ0) is 13.1. The van der Waals surface area contributed by atoms with Crippen molar-refractivity contribution in [1.29, 1.82) is 0 Å². The summed E-state index contributed by atoms with van der Waals surface area (Å²) >= 11 is 0. The molecule has 0 N–H and O–H groups in total. The molecule has 1 rings (SSSR count). The van der Waals surface area contributed by atoms with Gasteiger partial charge in [0.1, 0.15) is 0 Å². The van der Waals surface area contributed by atoms with Gasteiger partial charge in [0.15, 0.2) is 5.78 Å². The molecule has 0 bridgehead atoms. The minimum Gasteiger partial charge on any atom is -0.498 e. The molecular weight excluding hydrogens is 212 g/mol. The summed E-state index contributed by atoms with van der Waals surface area (Å²) in [4.78, 5) is 12.2. The van der Waals surface area contributed by atoms with Crippen molar-refractivity contribution in [1.82, 2.24) is 0 Å². The molecule has 0 aromatic carbocycles. The van der Waals surface area contributed by atoms with Gasteiger partial charge in [-0.1, -0.05) is 25.5 Å². The maximum Gasteiger partial charge on any atom is 0.165 e. The Balaban J connectivity index is 2.88. The highest BCUT2D eigenvalue weighted by atomic mass is 16.5. The molecule has 0 heterocycles. The van der Waals surface area contributed by atoms with Crippen molar-refractivity contribution in [3.8, 4) is 0 Å². The minimum atomic E-state index is -0.266. The van der Waals surface area contributed by atoms with Crippen molar-refractivity contribution in [2.75, 3.05) is 6.61 Å². The highest BCUT2D eigenvalue weighted by molar-refractivity contribution is 5.96. The monoisotopic (exact) mass is 236 g/mol. The third-order valence-corrected chi connectivity index (χ3v) is 3.71. The highest BCUT2D eigenvalue weighted by Crippen LogP contribution is 2.41. The molecule has 2 atom stereocenters. The van der Waals surface area contributed by atoms with E-state index in [0.717, 1.165) is 18.6 Å². The molecule has 17 heavy (non-hydrogen) atoms. The lowest BCUT2D eigenvalue weighted by molar-refractivity contribution is -0.126. The van der Waals surface area contributed by atoms with E-state index in [1.807, 2.05) is 6.92 Å². The standard InChI is InChI=1S/C15H24O2/c1-6-17-13-9-12(4)15(5,14(16)10-13)8-7-11(2)3/h7,10,12H,6,8-9H2,1-5H3. The Hall–Kier alpha value is -1.05. The van der Waals surface area contributed by atoms with Gasteiger partial charge in [0.25, 0.3) is 0 Å². The third kappa shape index (κ3) is 3.21. The molecule has 0 saturated carbocycles. The molecule has 0 aromatic heterocycles. The summed E-state index contributed by atoms with van der Waals surface area (Å²) in [6.45, 7) is 10.9. The second kappa shape index (κ2) is 5.52. The summed E-state index contributed by atoms with van der Waals surface area (Å²) in [6, 6.07) is 0. The molecule has 2 heteroatoms. The van der Waals surface area contributed by atoms with E-state index >= 15 is 0 Å². The lowest BCUT2D eigenvalue weighted by atomic mass is 9.67. The van der Waals surface area contributed by atoms with E-state index in [2.05, 4.69) is 33.8 Å². The number of ether oxygens (including phenoxy) is 1. The fourth-order valence-corrected chi connectivity index (χ4v) is 2.14. The van der Waals surface area contributed by atoms with Crippen LogP contribution in [0.1, 0.15) is 47.5 Å². The number of hydrogen-bond donors (Lipinski definition) is 0. The molecule has 0 spiro atoms. The Morgan fingerprint density at radius 3 is 2.71 bits per heavy atom. The molecule has 0 aromatic rings. The summed E-state index contributed by atoms with van der Waals surface area (Å²) in [5.41, 5.74) is 1.00. The van der Waals surface area contributed by atoms with E-state index in [9.17, 15) is 4.79 Å². The molecule has 0 fully saturated rings. The summed E-state index contributed by atoms with van der Waals surface area (Å²) in [6.07, 6.45) is 5.55. The molecule has 0 radical (unpaired) electrons. The zero-order valence-electron chi connectivity index (χ0n) is 11.7. The lowest BCUT2D eigenvalue weighted by Crippen LogP contribution is -2.37. The molecule has 2 nitrogen and oxygen atoms in total. The van der Waals surface area contributed by atoms with Crippen molar-refractivity contribution < 1.29 is 9.53 Å². The van der Waals surface area contributed by atoms with Gasteiger partial charge in [0, 0.05) is 17.9 Å². The summed E-state index contributed by atoms with van der Waals surface area (Å²) in [5, 5.41) is 0. The van der Waals surface area contributed by atoms with Crippen LogP contribution in [0, 0.1) is 11.3 Å². The van der Waals surface area contributed by atoms with Gasteiger partial charge in [0.05, 0.1) is 12.4 Å². The Bertz CT molecular complexity index is 348. The normalized spacial score (nSPS) is 28.6. The quantitative estimate of drug-likeness (QED) is 0.692. The van der Waals surface area contributed by atoms with Gasteiger partial charge in [-0.2, -0.15) is 0 Å². The molecular formula is C15H24O2. The van der Waals surface area contributed by atoms with Gasteiger partial charge in [0.2, 0.25) is 0 Å². The van der Waals surface area contributed by atoms with Crippen molar-refractivity contribution >= 4 is 5.78 Å². The van der Waals surface area contributed by atoms with Crippen LogP contribution in [0.4, 0.5) is 0 Å². The van der Waals surface area contributed by atoms with Gasteiger partial charge >= 0.3 is 0 Å². The Morgan fingerprint density at radius 1 is 1.59 bits per heavy atom. The first-order valence-corrected chi connectivity index (χ1v) is 6.41. The average Bonchev–Trinajstić information content (AvgIpc) is 2.24. The van der Waals surface area contributed by atoms with Gasteiger partial charge in [-0.15, -0.1) is 0 Å². The van der Waals surface area contributed by atoms with E-state index in [1.54, 1.807) is 6.08 Å². The number of hydrogen-bond acceptors (Lipinski definition) is 2. The van der Waals surface area contributed by atoms with Crippen molar-refractivity contribution in [2.45, 2.75) is 47.5 Å². The van der Waals surface area contributed by atoms with Crippen molar-refractivity contribution in [2.24, 2.45) is 11.3 Å². The van der Waals surface area contributed by atoms with Crippen LogP contribution in [0.15, 0.2) is 23.5 Å². The fourth-order valence-electron chi connectivity index (χ4n) is 2.14. The van der Waals surface area contributed by atoms with E-state index in [4.69, 9.17) is 4.74 Å². The largest absolute Gasteiger partial charge is 0.498 e. The van der Waals surface area contributed by atoms with Crippen molar-refractivity contribution in [3.05, 3.63) is 23.5 Å². The van der Waals surface area contributed by atoms with Crippen LogP contribution >= 0.6 is 0 Å². The van der Waals surface area contributed by atoms with Crippen molar-refractivity contribution in [3.63, 3.8) is 0 Å². The van der Waals surface area contributed by atoms with Crippen LogP contribution in [0.25, 0.3) is 0 Å². The highest BCUT2D eigenvalue weighted by Gasteiger charge is 2.40. The van der Waals surface area contributed by atoms with E-state index in [-0.39, 0.29) is 11.2 Å². The fraction of sp³-hybridized carbons (Fsp3) is 0.667. The molecule has 0 saturated heterocycles. The van der Waals surface area contributed by atoms with Crippen LogP contribution in [0.2, 0.25) is 0 Å². The van der Waals surface area contributed by atoms with Crippen LogP contribution in [-0.4, -0.2) is 12.4 Å². The predicted molar refractivity (Wildman–Crippen MR) is 70.7 cm³/mol. The van der Waals surface area contributed by atoms with Crippen LogP contribution in [0.3, 0.4) is 0 Å². The number of carbonyl (C=O) groups excluding carboxylic acids is 1. The van der Waals surface area contributed by atoms with E-state index < -0.39 is 0 Å². The zero-order valence-corrected chi connectivity index (χ0v) is 11.7. The molecule has 0 amide bonds. The van der Waals surface area contributed by atoms with Crippen LogP contribution < -0.4 is 0 Å². The van der Waals surface area contributed by atoms with Gasteiger partial charge in [-0.25, -0.2) is 0 Å². The Kier molecular flexibility index (Phi) is 4.55. The Morgan fingerprint density at radius 2 is 2.24 bits per heavy atom. The van der Waals surface area contributed by atoms with E-state index in [0.29, 0.717) is 12.5 Å². The van der Waals surface area contributed by atoms with Crippen LogP contribution in [-0.2, 0) is 9.53 Å². The SMILES string of the molecule is CCOC1=CC(=O)C(C)(CC=C(C)C)C(C)C1. The number of ketones is 1. The molecule has 2 unspecified atom stereocenters. The van der Waals surface area contributed by atoms with Gasteiger partial charge in [-0.3, -0.25) is 4.79 Å². The maximum atomic E-state index is 12.2. The number of rotatable bonds is 4. The molecule has 0 aliphatic heterocycles. The lowest BCUT2D eigenvalue weighted by Gasteiger charge is -2.36. The summed E-state index contributed by atoms with van der Waals surface area (Å²) < 4.78 is 5.47. The Labute approximate surface area is 105 Å². The summed E-state index contributed by atoms with van der Waals surface area (Å²) in [7, 11) is 0. The second-order valence-corrected chi connectivity index (χ2v) is 5.42. The first kappa shape index (κ1) is 14.0. The number of carbonyl (C=O) groups is 1. The van der Waals surface area contributed by atoms with E-state index in [1.165, 1.54) is 5.57 Å². The smallest absolute Gasteiger partial charge is 0.165 e. The summed E-state index contributed by atoms with van der Waals surface area (Å²) in [5.74, 6) is 1.38. The second-order valence-electron chi connectivity index (χ2n) is 5.42. The third-order valence-electron chi connectivity index (χ3n) is 3.71. The van der Waals surface area contributed by atoms with Gasteiger partial charge in [-0.05, 0) is 33.1 Å². The number of allylic oxidation sites excluding steroid dienone is 4. The molecule has 96 valence electrons. The maximum absolute atomic E-state index is 12.2. The molecule has 1 aliphatic rings. The predicted octanol–water partition coefficient (Wildman–Crippen LogP) is 3.88. The van der Waals surface area contributed by atoms with Crippen LogP contribution in [0.5, 0.6) is 0 Å². The average molecular weight is 236 g/mol. The minimum absolute atomic E-state index is 0.206. The topological polar surface area (TPSA) is 26.3 Å². The molecule has 1 aliphatic carbocycles. The first-order chi connectivity index (χ1) is 7.90.